The van der Waals surface area contributed by atoms with Crippen molar-refractivity contribution in [3.05, 3.63) is 39.4 Å². The number of rotatable bonds is 6. The highest BCUT2D eigenvalue weighted by Crippen LogP contribution is 2.27. The van der Waals surface area contributed by atoms with Crippen molar-refractivity contribution in [2.24, 2.45) is 5.73 Å². The molecular formula is C12H17N3O4. The Labute approximate surface area is 110 Å². The van der Waals surface area contributed by atoms with Crippen LogP contribution in [0.3, 0.4) is 0 Å². The molecule has 1 unspecified atom stereocenters. The van der Waals surface area contributed by atoms with E-state index < -0.39 is 17.1 Å². The van der Waals surface area contributed by atoms with Crippen molar-refractivity contribution in [1.82, 2.24) is 5.32 Å². The zero-order valence-corrected chi connectivity index (χ0v) is 11.0. The van der Waals surface area contributed by atoms with E-state index in [2.05, 4.69) is 5.32 Å². The minimum atomic E-state index is -0.708. The summed E-state index contributed by atoms with van der Waals surface area (Å²) in [5, 5.41) is 14.1. The average Bonchev–Trinajstić information content (AvgIpc) is 2.34. The lowest BCUT2D eigenvalue weighted by atomic mass is 10.1. The number of ether oxygens (including phenoxy) is 1. The average molecular weight is 267 g/mol. The molecule has 0 fully saturated rings. The highest BCUT2D eigenvalue weighted by atomic mass is 16.6. The molecule has 0 aliphatic heterocycles. The molecule has 0 heterocycles. The molecule has 0 aliphatic carbocycles. The maximum atomic E-state index is 11.1. The first-order valence-corrected chi connectivity index (χ1v) is 5.73. The predicted molar refractivity (Wildman–Crippen MR) is 69.6 cm³/mol. The van der Waals surface area contributed by atoms with Crippen LogP contribution in [0.5, 0.6) is 0 Å². The van der Waals surface area contributed by atoms with Gasteiger partial charge in [0.05, 0.1) is 10.5 Å². The Morgan fingerprint density at radius 3 is 2.53 bits per heavy atom. The summed E-state index contributed by atoms with van der Waals surface area (Å²) in [4.78, 5) is 21.6. The van der Waals surface area contributed by atoms with E-state index >= 15 is 0 Å². The lowest BCUT2D eigenvalue weighted by Gasteiger charge is -2.20. The van der Waals surface area contributed by atoms with Crippen molar-refractivity contribution < 1.29 is 14.5 Å². The van der Waals surface area contributed by atoms with Crippen LogP contribution >= 0.6 is 0 Å². The number of carbonyl (C=O) groups is 1. The van der Waals surface area contributed by atoms with Gasteiger partial charge in [-0.3, -0.25) is 20.2 Å². The second kappa shape index (κ2) is 6.26. The number of carbonyl (C=O) groups excluding carboxylic acids is 1. The maximum Gasteiger partial charge on any atom is 0.277 e. The summed E-state index contributed by atoms with van der Waals surface area (Å²) in [6.07, 6.45) is -0.623. The third-order valence-corrected chi connectivity index (χ3v) is 2.51. The molecule has 0 spiro atoms. The summed E-state index contributed by atoms with van der Waals surface area (Å²) in [5.74, 6) is -0.708. The minimum Gasteiger partial charge on any atom is -0.366 e. The molecule has 104 valence electrons. The van der Waals surface area contributed by atoms with E-state index in [-0.39, 0.29) is 17.3 Å². The zero-order chi connectivity index (χ0) is 14.6. The first-order valence-electron chi connectivity index (χ1n) is 5.73. The Hall–Kier alpha value is -1.99. The van der Waals surface area contributed by atoms with Crippen molar-refractivity contribution in [2.45, 2.75) is 26.1 Å². The van der Waals surface area contributed by atoms with Gasteiger partial charge in [0.15, 0.2) is 0 Å². The van der Waals surface area contributed by atoms with Crippen molar-refractivity contribution in [1.29, 1.82) is 0 Å². The number of primary amides is 1. The molecule has 0 saturated carbocycles. The second-order valence-corrected chi connectivity index (χ2v) is 4.33. The summed E-state index contributed by atoms with van der Waals surface area (Å²) in [5.41, 5.74) is 5.36. The van der Waals surface area contributed by atoms with Gasteiger partial charge in [-0.15, -0.1) is 0 Å². The van der Waals surface area contributed by atoms with Crippen LogP contribution in [0.4, 0.5) is 5.69 Å². The van der Waals surface area contributed by atoms with Gasteiger partial charge in [0.25, 0.3) is 5.69 Å². The summed E-state index contributed by atoms with van der Waals surface area (Å²) in [6, 6.07) is 4.16. The lowest BCUT2D eigenvalue weighted by molar-refractivity contribution is -0.386. The number of benzene rings is 1. The monoisotopic (exact) mass is 267 g/mol. The van der Waals surface area contributed by atoms with Crippen molar-refractivity contribution in [3.8, 4) is 0 Å². The molecule has 3 N–H and O–H groups in total. The van der Waals surface area contributed by atoms with E-state index in [1.54, 1.807) is 0 Å². The van der Waals surface area contributed by atoms with E-state index in [0.717, 1.165) is 6.07 Å². The number of hydrogen-bond donors (Lipinski definition) is 2. The van der Waals surface area contributed by atoms with Gasteiger partial charge >= 0.3 is 0 Å². The van der Waals surface area contributed by atoms with E-state index in [4.69, 9.17) is 10.5 Å². The SMILES string of the molecule is COC(NC(C)C)c1ccc(C(N)=O)cc1[N+](=O)[O-]. The third kappa shape index (κ3) is 3.73. The number of nitrogens with one attached hydrogen (secondary N) is 1. The Morgan fingerprint density at radius 2 is 2.11 bits per heavy atom. The molecule has 1 atom stereocenters. The number of amides is 1. The zero-order valence-electron chi connectivity index (χ0n) is 11.0. The summed E-state index contributed by atoms with van der Waals surface area (Å²) >= 11 is 0. The minimum absolute atomic E-state index is 0.0837. The molecule has 0 bridgehead atoms. The van der Waals surface area contributed by atoms with E-state index in [1.165, 1.54) is 19.2 Å². The van der Waals surface area contributed by atoms with Crippen LogP contribution in [0.25, 0.3) is 0 Å². The fourth-order valence-electron chi connectivity index (χ4n) is 1.66. The van der Waals surface area contributed by atoms with Gasteiger partial charge in [-0.1, -0.05) is 0 Å². The molecule has 1 amide bonds. The Bertz CT molecular complexity index is 488. The van der Waals surface area contributed by atoms with Crippen LogP contribution in [0.2, 0.25) is 0 Å². The van der Waals surface area contributed by atoms with Crippen LogP contribution in [0.15, 0.2) is 18.2 Å². The molecule has 1 aromatic carbocycles. The number of nitrogens with two attached hydrogens (primary N) is 1. The molecule has 0 aromatic heterocycles. The van der Waals surface area contributed by atoms with Crippen molar-refractivity contribution in [3.63, 3.8) is 0 Å². The molecule has 7 nitrogen and oxygen atoms in total. The van der Waals surface area contributed by atoms with Crippen molar-refractivity contribution >= 4 is 11.6 Å². The quantitative estimate of drug-likeness (QED) is 0.459. The Morgan fingerprint density at radius 1 is 1.47 bits per heavy atom. The van der Waals surface area contributed by atoms with Crippen molar-refractivity contribution in [2.75, 3.05) is 7.11 Å². The standard InChI is InChI=1S/C12H17N3O4/c1-7(2)14-12(19-3)9-5-4-8(11(13)16)6-10(9)15(17)18/h4-7,12,14H,1-3H3,(H2,13,16). The summed E-state index contributed by atoms with van der Waals surface area (Å²) < 4.78 is 5.21. The number of nitro groups is 1. The van der Waals surface area contributed by atoms with E-state index in [9.17, 15) is 14.9 Å². The van der Waals surface area contributed by atoms with Crippen LogP contribution in [0, 0.1) is 10.1 Å². The van der Waals surface area contributed by atoms with Gasteiger partial charge in [0.1, 0.15) is 6.23 Å². The summed E-state index contributed by atoms with van der Waals surface area (Å²) in [7, 11) is 1.45. The largest absolute Gasteiger partial charge is 0.366 e. The highest BCUT2D eigenvalue weighted by molar-refractivity contribution is 5.93. The molecule has 19 heavy (non-hydrogen) atoms. The van der Waals surface area contributed by atoms with Crippen LogP contribution in [-0.4, -0.2) is 24.0 Å². The highest BCUT2D eigenvalue weighted by Gasteiger charge is 2.23. The van der Waals surface area contributed by atoms with Gasteiger partial charge in [-0.05, 0) is 26.0 Å². The maximum absolute atomic E-state index is 11.1. The first-order chi connectivity index (χ1) is 8.86. The number of methoxy groups -OCH3 is 1. The topological polar surface area (TPSA) is 107 Å². The smallest absolute Gasteiger partial charge is 0.277 e. The molecule has 1 rings (SSSR count). The normalized spacial score (nSPS) is 12.4. The predicted octanol–water partition coefficient (Wildman–Crippen LogP) is 1.34. The molecule has 1 aromatic rings. The molecule has 0 saturated heterocycles. The molecular weight excluding hydrogens is 250 g/mol. The lowest BCUT2D eigenvalue weighted by Crippen LogP contribution is -2.30. The first kappa shape index (κ1) is 15.1. The number of hydrogen-bond acceptors (Lipinski definition) is 5. The fraction of sp³-hybridized carbons (Fsp3) is 0.417. The van der Waals surface area contributed by atoms with Gasteiger partial charge in [-0.25, -0.2) is 0 Å². The van der Waals surface area contributed by atoms with Crippen LogP contribution in [-0.2, 0) is 4.74 Å². The van der Waals surface area contributed by atoms with Crippen LogP contribution in [0.1, 0.15) is 36.0 Å². The van der Waals surface area contributed by atoms with Gasteiger partial charge in [0.2, 0.25) is 5.91 Å². The van der Waals surface area contributed by atoms with Gasteiger partial charge in [0, 0.05) is 24.8 Å². The molecule has 0 radical (unpaired) electrons. The second-order valence-electron chi connectivity index (χ2n) is 4.33. The summed E-state index contributed by atoms with van der Waals surface area (Å²) in [6.45, 7) is 3.80. The fourth-order valence-corrected chi connectivity index (χ4v) is 1.66. The van der Waals surface area contributed by atoms with Gasteiger partial charge < -0.3 is 10.5 Å². The van der Waals surface area contributed by atoms with Crippen LogP contribution < -0.4 is 11.1 Å². The third-order valence-electron chi connectivity index (χ3n) is 2.51. The van der Waals surface area contributed by atoms with E-state index in [0.29, 0.717) is 5.56 Å². The van der Waals surface area contributed by atoms with E-state index in [1.807, 2.05) is 13.8 Å². The number of nitrogens with zero attached hydrogens (tertiary/aromatic N) is 1. The molecule has 0 aliphatic rings. The Balaban J connectivity index is 3.25. The van der Waals surface area contributed by atoms with Gasteiger partial charge in [-0.2, -0.15) is 0 Å². The Kier molecular flexibility index (Phi) is 4.96. The molecule has 7 heteroatoms. The number of nitro benzene ring substituents is 1.